The topological polar surface area (TPSA) is 67.8 Å². The molecule has 0 atom stereocenters. The van der Waals surface area contributed by atoms with Gasteiger partial charge in [-0.3, -0.25) is 9.78 Å². The molecule has 0 aliphatic heterocycles. The molecule has 21 heavy (non-hydrogen) atoms. The summed E-state index contributed by atoms with van der Waals surface area (Å²) in [5.74, 6) is 0. The maximum absolute atomic E-state index is 12.2. The van der Waals surface area contributed by atoms with E-state index in [1.165, 1.54) is 10.6 Å². The molecule has 0 aliphatic carbocycles. The first-order valence-corrected chi connectivity index (χ1v) is 6.81. The fraction of sp³-hybridized carbons (Fsp3) is 0.0714. The molecule has 106 valence electrons. The second kappa shape index (κ2) is 5.02. The Morgan fingerprint density at radius 1 is 1.19 bits per heavy atom. The monoisotopic (exact) mass is 321 g/mol. The minimum atomic E-state index is -0.576. The zero-order chi connectivity index (χ0) is 15.1. The molecule has 7 heteroatoms. The van der Waals surface area contributed by atoms with Crippen LogP contribution in [0.3, 0.4) is 0 Å². The molecule has 0 saturated carbocycles. The van der Waals surface area contributed by atoms with Gasteiger partial charge in [0.15, 0.2) is 5.65 Å². The van der Waals surface area contributed by atoms with Crippen molar-refractivity contribution in [3.63, 3.8) is 0 Å². The molecule has 0 fully saturated rings. The number of fused-ring (bicyclic) bond motifs is 1. The fourth-order valence-electron chi connectivity index (χ4n) is 2.15. The molecule has 1 N–H and O–H groups in total. The van der Waals surface area contributed by atoms with E-state index in [2.05, 4.69) is 9.97 Å². The highest BCUT2D eigenvalue weighted by Crippen LogP contribution is 2.23. The molecule has 5 nitrogen and oxygen atoms in total. The van der Waals surface area contributed by atoms with Gasteiger partial charge in [-0.05, 0) is 24.6 Å². The average Bonchev–Trinajstić information content (AvgIpc) is 2.43. The van der Waals surface area contributed by atoms with Crippen LogP contribution < -0.4 is 11.2 Å². The lowest BCUT2D eigenvalue weighted by molar-refractivity contribution is 0.918. The number of aryl methyl sites for hydroxylation is 1. The summed E-state index contributed by atoms with van der Waals surface area (Å²) in [5, 5.41) is 0.397. The quantitative estimate of drug-likeness (QED) is 0.701. The minimum absolute atomic E-state index is 0.0384. The van der Waals surface area contributed by atoms with Gasteiger partial charge in [0.05, 0.1) is 16.1 Å². The molecule has 2 heterocycles. The van der Waals surface area contributed by atoms with Crippen LogP contribution in [-0.2, 0) is 0 Å². The van der Waals surface area contributed by atoms with Crippen molar-refractivity contribution in [1.82, 2.24) is 14.5 Å². The minimum Gasteiger partial charge on any atom is -0.273 e. The number of nitrogens with one attached hydrogen (secondary N) is 1. The van der Waals surface area contributed by atoms with Crippen LogP contribution in [0.4, 0.5) is 0 Å². The number of pyridine rings is 1. The molecule has 0 saturated heterocycles. The summed E-state index contributed by atoms with van der Waals surface area (Å²) in [6.07, 6.45) is 0. The highest BCUT2D eigenvalue weighted by Gasteiger charge is 2.14. The van der Waals surface area contributed by atoms with Crippen LogP contribution in [0.2, 0.25) is 10.2 Å². The molecule has 2 aromatic heterocycles. The van der Waals surface area contributed by atoms with Gasteiger partial charge in [0, 0.05) is 0 Å². The highest BCUT2D eigenvalue weighted by atomic mass is 35.5. The summed E-state index contributed by atoms with van der Waals surface area (Å²) in [6.45, 7) is 1.86. The molecule has 0 bridgehead atoms. The van der Waals surface area contributed by atoms with E-state index in [0.29, 0.717) is 5.69 Å². The number of H-pyrrole nitrogens is 1. The first-order valence-electron chi connectivity index (χ1n) is 6.06. The number of benzene rings is 1. The lowest BCUT2D eigenvalue weighted by atomic mass is 10.2. The molecule has 0 amide bonds. The average molecular weight is 322 g/mol. The Balaban J connectivity index is 2.54. The molecule has 3 aromatic rings. The summed E-state index contributed by atoms with van der Waals surface area (Å²) in [7, 11) is 0. The fourth-order valence-corrected chi connectivity index (χ4v) is 2.44. The molecule has 1 aromatic carbocycles. The molecule has 3 rings (SSSR count). The number of aromatic amines is 1. The van der Waals surface area contributed by atoms with Crippen LogP contribution in [-0.4, -0.2) is 14.5 Å². The normalized spacial score (nSPS) is 11.0. The van der Waals surface area contributed by atoms with E-state index >= 15 is 0 Å². The largest absolute Gasteiger partial charge is 0.334 e. The number of hydrogen-bond acceptors (Lipinski definition) is 3. The summed E-state index contributed by atoms with van der Waals surface area (Å²) < 4.78 is 1.31. The zero-order valence-corrected chi connectivity index (χ0v) is 12.4. The van der Waals surface area contributed by atoms with E-state index in [9.17, 15) is 9.59 Å². The van der Waals surface area contributed by atoms with Gasteiger partial charge < -0.3 is 0 Å². The zero-order valence-electron chi connectivity index (χ0n) is 10.9. The van der Waals surface area contributed by atoms with Crippen molar-refractivity contribution in [2.45, 2.75) is 6.92 Å². The van der Waals surface area contributed by atoms with E-state index in [1.807, 2.05) is 19.1 Å². The number of halogens is 2. The number of hydrogen-bond donors (Lipinski definition) is 1. The van der Waals surface area contributed by atoms with Gasteiger partial charge in [0.25, 0.3) is 5.56 Å². The Labute approximate surface area is 128 Å². The van der Waals surface area contributed by atoms with Crippen LogP contribution >= 0.6 is 23.2 Å². The molecule has 0 radical (unpaired) electrons. The van der Waals surface area contributed by atoms with Crippen LogP contribution in [0.5, 0.6) is 0 Å². The van der Waals surface area contributed by atoms with Crippen LogP contribution in [0, 0.1) is 6.92 Å². The summed E-state index contributed by atoms with van der Waals surface area (Å²) >= 11 is 11.8. The number of rotatable bonds is 1. The molecule has 0 spiro atoms. The van der Waals surface area contributed by atoms with E-state index in [-0.39, 0.29) is 21.2 Å². The number of nitrogens with zero attached hydrogens (tertiary/aromatic N) is 2. The maximum Gasteiger partial charge on any atom is 0.334 e. The van der Waals surface area contributed by atoms with Crippen LogP contribution in [0.15, 0.2) is 39.9 Å². The predicted molar refractivity (Wildman–Crippen MR) is 82.7 cm³/mol. The first-order chi connectivity index (χ1) is 9.99. The Morgan fingerprint density at radius 3 is 2.62 bits per heavy atom. The molecular weight excluding hydrogens is 313 g/mol. The lowest BCUT2D eigenvalue weighted by Gasteiger charge is -2.11. The van der Waals surface area contributed by atoms with Gasteiger partial charge in [-0.1, -0.05) is 41.4 Å². The molecule has 0 aliphatic rings. The predicted octanol–water partition coefficient (Wildman–Crippen LogP) is 2.69. The second-order valence-electron chi connectivity index (χ2n) is 4.51. The van der Waals surface area contributed by atoms with Crippen molar-refractivity contribution in [2.24, 2.45) is 0 Å². The van der Waals surface area contributed by atoms with Gasteiger partial charge in [-0.25, -0.2) is 14.3 Å². The van der Waals surface area contributed by atoms with Crippen molar-refractivity contribution >= 4 is 34.2 Å². The summed E-state index contributed by atoms with van der Waals surface area (Å²) in [6, 6.07) is 8.67. The highest BCUT2D eigenvalue weighted by molar-refractivity contribution is 6.41. The van der Waals surface area contributed by atoms with Gasteiger partial charge in [0.2, 0.25) is 0 Å². The van der Waals surface area contributed by atoms with Gasteiger partial charge in [-0.2, -0.15) is 0 Å². The smallest absolute Gasteiger partial charge is 0.273 e. The SMILES string of the molecule is Cc1ccccc1-n1c(=O)[nH]c(=O)c2cc(Cl)c(Cl)nc21. The third kappa shape index (κ3) is 2.24. The van der Waals surface area contributed by atoms with Crippen molar-refractivity contribution in [3.8, 4) is 5.69 Å². The van der Waals surface area contributed by atoms with Gasteiger partial charge in [0.1, 0.15) is 5.15 Å². The molecule has 0 unspecified atom stereocenters. The number of para-hydroxylation sites is 1. The van der Waals surface area contributed by atoms with Crippen LogP contribution in [0.25, 0.3) is 16.7 Å². The second-order valence-corrected chi connectivity index (χ2v) is 5.28. The Morgan fingerprint density at radius 2 is 1.90 bits per heavy atom. The van der Waals surface area contributed by atoms with Gasteiger partial charge >= 0.3 is 5.69 Å². The summed E-state index contributed by atoms with van der Waals surface area (Å²) in [5.41, 5.74) is 0.529. The van der Waals surface area contributed by atoms with Crippen molar-refractivity contribution in [3.05, 3.63) is 66.9 Å². The van der Waals surface area contributed by atoms with Crippen molar-refractivity contribution < 1.29 is 0 Å². The Kier molecular flexibility index (Phi) is 3.31. The standard InChI is InChI=1S/C14H9Cl2N3O2/c1-7-4-2-3-5-10(7)19-12-8(13(20)18-14(19)21)6-9(15)11(16)17-12/h2-6H,1H3,(H,18,20,21). The number of aromatic nitrogens is 3. The van der Waals surface area contributed by atoms with Gasteiger partial charge in [-0.15, -0.1) is 0 Å². The lowest BCUT2D eigenvalue weighted by Crippen LogP contribution is -2.30. The Bertz CT molecular complexity index is 976. The Hall–Kier alpha value is -2.11. The maximum atomic E-state index is 12.2. The van der Waals surface area contributed by atoms with E-state index < -0.39 is 11.2 Å². The van der Waals surface area contributed by atoms with E-state index in [1.54, 1.807) is 12.1 Å². The van der Waals surface area contributed by atoms with E-state index in [4.69, 9.17) is 23.2 Å². The van der Waals surface area contributed by atoms with Crippen molar-refractivity contribution in [2.75, 3.05) is 0 Å². The first kappa shape index (κ1) is 13.9. The van der Waals surface area contributed by atoms with Crippen LogP contribution in [0.1, 0.15) is 5.56 Å². The third-order valence-corrected chi connectivity index (χ3v) is 3.82. The summed E-state index contributed by atoms with van der Waals surface area (Å²) in [4.78, 5) is 30.5. The molecular formula is C14H9Cl2N3O2. The van der Waals surface area contributed by atoms with E-state index in [0.717, 1.165) is 5.56 Å². The third-order valence-electron chi connectivity index (χ3n) is 3.15. The van der Waals surface area contributed by atoms with Crippen molar-refractivity contribution in [1.29, 1.82) is 0 Å².